The fraction of sp³-hybridized carbons (Fsp3) is 0.458. The van der Waals surface area contributed by atoms with E-state index in [9.17, 15) is 29.0 Å². The second-order valence-corrected chi connectivity index (χ2v) is 12.3. The monoisotopic (exact) mass is 564 g/mol. The van der Waals surface area contributed by atoms with Crippen LogP contribution >= 0.6 is 10.2 Å². The Hall–Kier alpha value is -2.81. The van der Waals surface area contributed by atoms with Gasteiger partial charge in [0.1, 0.15) is 10.9 Å². The van der Waals surface area contributed by atoms with Crippen molar-refractivity contribution in [1.82, 2.24) is 15.6 Å². The van der Waals surface area contributed by atoms with Gasteiger partial charge in [-0.3, -0.25) is 19.5 Å². The highest BCUT2D eigenvalue weighted by atomic mass is 32.5. The number of hydrogen-bond acceptors (Lipinski definition) is 6. The number of carbonyl (C=O) groups excluding carboxylic acids is 2. The van der Waals surface area contributed by atoms with Crippen LogP contribution in [0.3, 0.4) is 0 Å². The number of halogens is 5. The minimum absolute atomic E-state index is 0.162. The Kier molecular flexibility index (Phi) is 7.00. The molecule has 4 rings (SSSR count). The minimum atomic E-state index is -9.96. The number of aromatic nitrogens is 1. The van der Waals surface area contributed by atoms with Crippen LogP contribution in [0.2, 0.25) is 0 Å². The predicted molar refractivity (Wildman–Crippen MR) is 131 cm³/mol. The molecule has 0 radical (unpaired) electrons. The smallest absolute Gasteiger partial charge is 0.310 e. The van der Waals surface area contributed by atoms with E-state index in [-0.39, 0.29) is 47.9 Å². The zero-order chi connectivity index (χ0) is 27.8. The first kappa shape index (κ1) is 28.2. The van der Waals surface area contributed by atoms with E-state index < -0.39 is 39.0 Å². The standard InChI is InChI=1S/C24H29F5N4O4S/c1-24(14-37-15-24)13-32-22(34)21(16-4-3-9-30-11-16)33(23(35)20-10-18(36-2)12-31-20)17-5-7-19(8-6-17)38(25,26,27,28)29/h3-9,11,18,20-21,31H,10,12-15H2,1-2H3,(H,32,34)/t18-,20-,21?/m1/s1. The lowest BCUT2D eigenvalue weighted by molar-refractivity contribution is -0.131. The number of rotatable bonds is 9. The van der Waals surface area contributed by atoms with Crippen LogP contribution < -0.4 is 15.5 Å². The molecule has 2 saturated heterocycles. The lowest BCUT2D eigenvalue weighted by atomic mass is 9.88. The van der Waals surface area contributed by atoms with Crippen LogP contribution in [0.25, 0.3) is 0 Å². The molecule has 2 aliphatic heterocycles. The first-order valence-corrected chi connectivity index (χ1v) is 13.7. The Labute approximate surface area is 216 Å². The molecule has 14 heteroatoms. The summed E-state index contributed by atoms with van der Waals surface area (Å²) in [6.45, 7) is 3.32. The van der Waals surface area contributed by atoms with Crippen molar-refractivity contribution in [3.05, 3.63) is 54.4 Å². The molecule has 3 atom stereocenters. The molecule has 0 aliphatic carbocycles. The van der Waals surface area contributed by atoms with Gasteiger partial charge in [0.15, 0.2) is 0 Å². The summed E-state index contributed by atoms with van der Waals surface area (Å²) in [5.41, 5.74) is -0.192. The Morgan fingerprint density at radius 2 is 1.89 bits per heavy atom. The van der Waals surface area contributed by atoms with Crippen LogP contribution in [0.5, 0.6) is 0 Å². The van der Waals surface area contributed by atoms with Gasteiger partial charge in [-0.15, -0.1) is 0 Å². The molecule has 0 saturated carbocycles. The SMILES string of the molecule is CO[C@H]1CN[C@@H](C(=O)N(c2ccc(S(F)(F)(F)(F)F)cc2)C(C(=O)NCC2(C)COC2)c2cccnc2)C1. The Morgan fingerprint density at radius 3 is 2.39 bits per heavy atom. The Morgan fingerprint density at radius 1 is 1.21 bits per heavy atom. The first-order chi connectivity index (χ1) is 17.6. The third kappa shape index (κ3) is 6.25. The third-order valence-corrected chi connectivity index (χ3v) is 7.78. The zero-order valence-corrected chi connectivity index (χ0v) is 21.5. The van der Waals surface area contributed by atoms with E-state index in [4.69, 9.17) is 9.47 Å². The molecule has 0 bridgehead atoms. The second-order valence-electron chi connectivity index (χ2n) is 9.94. The molecule has 1 aromatic carbocycles. The van der Waals surface area contributed by atoms with Crippen LogP contribution in [0.1, 0.15) is 24.9 Å². The molecule has 210 valence electrons. The van der Waals surface area contributed by atoms with Crippen molar-refractivity contribution in [2.45, 2.75) is 36.4 Å². The normalized spacial score (nSPS) is 23.4. The number of ether oxygens (including phenoxy) is 2. The maximum absolute atomic E-state index is 13.8. The molecule has 2 N–H and O–H groups in total. The highest BCUT2D eigenvalue weighted by molar-refractivity contribution is 8.45. The summed E-state index contributed by atoms with van der Waals surface area (Å²) in [6.07, 6.45) is 2.77. The van der Waals surface area contributed by atoms with Gasteiger partial charge in [-0.25, -0.2) is 0 Å². The number of pyridine rings is 1. The van der Waals surface area contributed by atoms with Crippen LogP contribution in [0.15, 0.2) is 53.7 Å². The number of amides is 2. The van der Waals surface area contributed by atoms with E-state index in [1.807, 2.05) is 6.92 Å². The van der Waals surface area contributed by atoms with Gasteiger partial charge in [-0.1, -0.05) is 32.4 Å². The maximum atomic E-state index is 13.8. The molecule has 8 nitrogen and oxygen atoms in total. The highest BCUT2D eigenvalue weighted by Gasteiger charge is 2.65. The van der Waals surface area contributed by atoms with Crippen molar-refractivity contribution < 1.29 is 38.5 Å². The molecule has 2 amide bonds. The van der Waals surface area contributed by atoms with Crippen molar-refractivity contribution >= 4 is 27.7 Å². The van der Waals surface area contributed by atoms with Gasteiger partial charge < -0.3 is 20.1 Å². The average Bonchev–Trinajstić information content (AvgIpc) is 3.33. The van der Waals surface area contributed by atoms with E-state index in [2.05, 4.69) is 15.6 Å². The van der Waals surface area contributed by atoms with Crippen molar-refractivity contribution in [3.63, 3.8) is 0 Å². The second kappa shape index (κ2) is 9.43. The molecule has 2 aromatic rings. The quantitative estimate of drug-likeness (QED) is 0.441. The zero-order valence-electron chi connectivity index (χ0n) is 20.7. The summed E-state index contributed by atoms with van der Waals surface area (Å²) >= 11 is 0. The van der Waals surface area contributed by atoms with E-state index in [1.54, 1.807) is 12.1 Å². The number of anilines is 1. The minimum Gasteiger partial charge on any atom is -0.380 e. The van der Waals surface area contributed by atoms with Crippen LogP contribution in [-0.2, 0) is 19.1 Å². The number of carbonyl (C=O) groups is 2. The van der Waals surface area contributed by atoms with Gasteiger partial charge in [0.2, 0.25) is 11.8 Å². The molecule has 38 heavy (non-hydrogen) atoms. The van der Waals surface area contributed by atoms with Crippen molar-refractivity contribution in [3.8, 4) is 0 Å². The number of nitrogens with one attached hydrogen (secondary N) is 2. The van der Waals surface area contributed by atoms with E-state index in [0.717, 1.165) is 17.0 Å². The van der Waals surface area contributed by atoms with Crippen LogP contribution in [-0.4, -0.2) is 62.4 Å². The van der Waals surface area contributed by atoms with Gasteiger partial charge >= 0.3 is 10.2 Å². The molecule has 0 spiro atoms. The van der Waals surface area contributed by atoms with Crippen LogP contribution in [0, 0.1) is 5.41 Å². The van der Waals surface area contributed by atoms with E-state index >= 15 is 0 Å². The third-order valence-electron chi connectivity index (χ3n) is 6.62. The van der Waals surface area contributed by atoms with Gasteiger partial charge in [0.05, 0.1) is 25.4 Å². The molecule has 3 heterocycles. The fourth-order valence-corrected chi connectivity index (χ4v) is 5.06. The molecular formula is C24H29F5N4O4S. The van der Waals surface area contributed by atoms with Gasteiger partial charge in [0, 0.05) is 49.3 Å². The fourth-order valence-electron chi connectivity index (χ4n) is 4.41. The lowest BCUT2D eigenvalue weighted by Crippen LogP contribution is -2.53. The number of benzene rings is 1. The number of nitrogens with zero attached hydrogens (tertiary/aromatic N) is 2. The van der Waals surface area contributed by atoms with Gasteiger partial charge in [-0.2, -0.15) is 0 Å². The highest BCUT2D eigenvalue weighted by Crippen LogP contribution is 3.02. The predicted octanol–water partition coefficient (Wildman–Crippen LogP) is 4.34. The summed E-state index contributed by atoms with van der Waals surface area (Å²) < 4.78 is 77.4. The Bertz CT molecular complexity index is 1180. The summed E-state index contributed by atoms with van der Waals surface area (Å²) in [5, 5.41) is 5.81. The molecule has 2 fully saturated rings. The largest absolute Gasteiger partial charge is 0.380 e. The first-order valence-electron chi connectivity index (χ1n) is 11.8. The molecule has 1 unspecified atom stereocenters. The topological polar surface area (TPSA) is 92.8 Å². The number of methoxy groups -OCH3 is 1. The van der Waals surface area contributed by atoms with Crippen molar-refractivity contribution in [2.24, 2.45) is 5.41 Å². The summed E-state index contributed by atoms with van der Waals surface area (Å²) in [6, 6.07) is 2.90. The lowest BCUT2D eigenvalue weighted by Gasteiger charge is -2.41. The molecule has 2 aliphatic rings. The Balaban J connectivity index is 1.76. The van der Waals surface area contributed by atoms with Crippen LogP contribution in [0.4, 0.5) is 25.1 Å². The average molecular weight is 565 g/mol. The van der Waals surface area contributed by atoms with E-state index in [0.29, 0.717) is 19.8 Å². The van der Waals surface area contributed by atoms with Crippen molar-refractivity contribution in [1.29, 1.82) is 0 Å². The summed E-state index contributed by atoms with van der Waals surface area (Å²) in [4.78, 5) is 30.4. The van der Waals surface area contributed by atoms with Crippen molar-refractivity contribution in [2.75, 3.05) is 38.3 Å². The van der Waals surface area contributed by atoms with E-state index in [1.165, 1.54) is 19.5 Å². The van der Waals surface area contributed by atoms with Gasteiger partial charge in [-0.05, 0) is 36.8 Å². The number of hydrogen-bond donors (Lipinski definition) is 2. The maximum Gasteiger partial charge on any atom is 0.310 e. The summed E-state index contributed by atoms with van der Waals surface area (Å²) in [7, 11) is -8.48. The van der Waals surface area contributed by atoms with Gasteiger partial charge in [0.25, 0.3) is 0 Å². The molecular weight excluding hydrogens is 535 g/mol. The summed E-state index contributed by atoms with van der Waals surface area (Å²) in [5.74, 6) is -1.25. The molecule has 1 aromatic heterocycles.